The van der Waals surface area contributed by atoms with Gasteiger partial charge in [-0.1, -0.05) is 0 Å². The molecule has 0 bridgehead atoms. The fourth-order valence-corrected chi connectivity index (χ4v) is 1.44. The van der Waals surface area contributed by atoms with E-state index in [2.05, 4.69) is 15.5 Å². The van der Waals surface area contributed by atoms with Crippen LogP contribution in [0.25, 0.3) is 0 Å². The highest BCUT2D eigenvalue weighted by molar-refractivity contribution is 6.17. The molecule has 1 heterocycles. The van der Waals surface area contributed by atoms with Crippen molar-refractivity contribution in [2.45, 2.75) is 12.5 Å². The molecular weight excluding hydrogens is 218 g/mol. The van der Waals surface area contributed by atoms with Crippen molar-refractivity contribution in [2.24, 2.45) is 0 Å². The lowest BCUT2D eigenvalue weighted by Crippen LogP contribution is -2.38. The van der Waals surface area contributed by atoms with E-state index in [1.165, 1.54) is 6.20 Å². The molecule has 0 aromatic carbocycles. The number of halogens is 1. The Bertz CT molecular complexity index is 284. The number of aromatic amines is 1. The van der Waals surface area contributed by atoms with Gasteiger partial charge in [0.25, 0.3) is 5.91 Å². The Balaban J connectivity index is 2.47. The van der Waals surface area contributed by atoms with Crippen molar-refractivity contribution in [1.82, 2.24) is 15.5 Å². The summed E-state index contributed by atoms with van der Waals surface area (Å²) < 4.78 is 4.98. The van der Waals surface area contributed by atoms with E-state index in [9.17, 15) is 4.79 Å². The minimum atomic E-state index is -0.170. The van der Waals surface area contributed by atoms with E-state index in [1.807, 2.05) is 0 Å². The summed E-state index contributed by atoms with van der Waals surface area (Å²) in [5, 5.41) is 9.09. The van der Waals surface area contributed by atoms with Crippen molar-refractivity contribution in [3.63, 3.8) is 0 Å². The summed E-state index contributed by atoms with van der Waals surface area (Å²) in [4.78, 5) is 11.6. The smallest absolute Gasteiger partial charge is 0.254 e. The number of methoxy groups -OCH3 is 1. The third-order valence-corrected chi connectivity index (χ3v) is 2.14. The molecule has 0 radical (unpaired) electrons. The maximum Gasteiger partial charge on any atom is 0.254 e. The predicted octanol–water partition coefficient (Wildman–Crippen LogP) is 0.783. The molecule has 5 nitrogen and oxygen atoms in total. The van der Waals surface area contributed by atoms with Crippen LogP contribution in [0, 0.1) is 0 Å². The SMILES string of the molecule is COCC(CCCl)NC(=O)c1cn[nH]c1. The van der Waals surface area contributed by atoms with Gasteiger partial charge in [0.05, 0.1) is 24.4 Å². The van der Waals surface area contributed by atoms with Gasteiger partial charge in [0.2, 0.25) is 0 Å². The molecule has 2 N–H and O–H groups in total. The first kappa shape index (κ1) is 12.0. The van der Waals surface area contributed by atoms with Crippen LogP contribution < -0.4 is 5.32 Å². The topological polar surface area (TPSA) is 67.0 Å². The quantitative estimate of drug-likeness (QED) is 0.712. The molecule has 0 aliphatic carbocycles. The number of hydrogen-bond donors (Lipinski definition) is 2. The zero-order chi connectivity index (χ0) is 11.1. The molecule has 0 spiro atoms. The predicted molar refractivity (Wildman–Crippen MR) is 57.1 cm³/mol. The summed E-state index contributed by atoms with van der Waals surface area (Å²) in [7, 11) is 1.59. The van der Waals surface area contributed by atoms with Gasteiger partial charge < -0.3 is 10.1 Å². The van der Waals surface area contributed by atoms with E-state index < -0.39 is 0 Å². The molecule has 0 saturated heterocycles. The van der Waals surface area contributed by atoms with Crippen LogP contribution in [0.5, 0.6) is 0 Å². The summed E-state index contributed by atoms with van der Waals surface area (Å²) >= 11 is 5.61. The average Bonchev–Trinajstić information content (AvgIpc) is 2.71. The van der Waals surface area contributed by atoms with Gasteiger partial charge in [-0.05, 0) is 6.42 Å². The number of carbonyl (C=O) groups is 1. The van der Waals surface area contributed by atoms with Crippen molar-refractivity contribution < 1.29 is 9.53 Å². The average molecular weight is 232 g/mol. The number of alkyl halides is 1. The van der Waals surface area contributed by atoms with Gasteiger partial charge in [-0.25, -0.2) is 0 Å². The maximum atomic E-state index is 11.6. The first-order valence-corrected chi connectivity index (χ1v) is 5.16. The molecule has 1 rings (SSSR count). The molecule has 0 fully saturated rings. The monoisotopic (exact) mass is 231 g/mol. The number of carbonyl (C=O) groups excluding carboxylic acids is 1. The Kier molecular flexibility index (Phi) is 5.14. The van der Waals surface area contributed by atoms with Crippen LogP contribution in [0.1, 0.15) is 16.8 Å². The zero-order valence-corrected chi connectivity index (χ0v) is 9.25. The van der Waals surface area contributed by atoms with Gasteiger partial charge in [0.15, 0.2) is 0 Å². The third-order valence-electron chi connectivity index (χ3n) is 1.92. The van der Waals surface area contributed by atoms with Crippen LogP contribution in [-0.2, 0) is 4.74 Å². The van der Waals surface area contributed by atoms with E-state index in [0.717, 1.165) is 0 Å². The first-order valence-electron chi connectivity index (χ1n) is 4.62. The number of nitrogens with one attached hydrogen (secondary N) is 2. The summed E-state index contributed by atoms with van der Waals surface area (Å²) in [6.07, 6.45) is 3.69. The van der Waals surface area contributed by atoms with Crippen LogP contribution >= 0.6 is 11.6 Å². The summed E-state index contributed by atoms with van der Waals surface area (Å²) in [5.41, 5.74) is 0.505. The first-order chi connectivity index (χ1) is 7.27. The highest BCUT2D eigenvalue weighted by atomic mass is 35.5. The minimum Gasteiger partial charge on any atom is -0.383 e. The van der Waals surface area contributed by atoms with Gasteiger partial charge in [-0.15, -0.1) is 11.6 Å². The van der Waals surface area contributed by atoms with Crippen molar-refractivity contribution in [3.8, 4) is 0 Å². The fraction of sp³-hybridized carbons (Fsp3) is 0.556. The molecule has 1 aromatic heterocycles. The largest absolute Gasteiger partial charge is 0.383 e. The molecule has 1 unspecified atom stereocenters. The summed E-state index contributed by atoms with van der Waals surface area (Å²) in [6, 6.07) is -0.0603. The summed E-state index contributed by atoms with van der Waals surface area (Å²) in [5.74, 6) is 0.315. The van der Waals surface area contributed by atoms with Gasteiger partial charge >= 0.3 is 0 Å². The normalized spacial score (nSPS) is 12.4. The van der Waals surface area contributed by atoms with Crippen molar-refractivity contribution in [2.75, 3.05) is 19.6 Å². The lowest BCUT2D eigenvalue weighted by Gasteiger charge is -2.15. The molecule has 1 atom stereocenters. The van der Waals surface area contributed by atoms with Gasteiger partial charge in [-0.2, -0.15) is 5.10 Å². The van der Waals surface area contributed by atoms with Crippen molar-refractivity contribution in [1.29, 1.82) is 0 Å². The van der Waals surface area contributed by atoms with Crippen LogP contribution in [0.15, 0.2) is 12.4 Å². The van der Waals surface area contributed by atoms with Gasteiger partial charge in [0, 0.05) is 19.2 Å². The second kappa shape index (κ2) is 6.42. The zero-order valence-electron chi connectivity index (χ0n) is 8.50. The molecule has 0 saturated carbocycles. The third kappa shape index (κ3) is 3.89. The van der Waals surface area contributed by atoms with Crippen molar-refractivity contribution in [3.05, 3.63) is 18.0 Å². The highest BCUT2D eigenvalue weighted by Gasteiger charge is 2.13. The molecule has 0 aliphatic heterocycles. The number of amides is 1. The van der Waals surface area contributed by atoms with Gasteiger partial charge in [0.1, 0.15) is 0 Å². The van der Waals surface area contributed by atoms with Crippen LogP contribution in [0.4, 0.5) is 0 Å². The molecule has 1 aromatic rings. The molecular formula is C9H14ClN3O2. The van der Waals surface area contributed by atoms with Crippen LogP contribution in [0.2, 0.25) is 0 Å². The number of hydrogen-bond acceptors (Lipinski definition) is 3. The Labute approximate surface area is 93.1 Å². The molecule has 15 heavy (non-hydrogen) atoms. The van der Waals surface area contributed by atoms with E-state index in [4.69, 9.17) is 16.3 Å². The number of nitrogens with zero attached hydrogens (tertiary/aromatic N) is 1. The standard InChI is InChI=1S/C9H14ClN3O2/c1-15-6-8(2-3-10)13-9(14)7-4-11-12-5-7/h4-5,8H,2-3,6H2,1H3,(H,11,12)(H,13,14). The summed E-state index contributed by atoms with van der Waals surface area (Å²) in [6.45, 7) is 0.455. The second-order valence-electron chi connectivity index (χ2n) is 3.09. The Morgan fingerprint density at radius 2 is 2.60 bits per heavy atom. The van der Waals surface area contributed by atoms with Crippen molar-refractivity contribution >= 4 is 17.5 Å². The van der Waals surface area contributed by atoms with E-state index in [0.29, 0.717) is 24.5 Å². The Hall–Kier alpha value is -1.07. The van der Waals surface area contributed by atoms with E-state index >= 15 is 0 Å². The fourth-order valence-electron chi connectivity index (χ4n) is 1.17. The number of H-pyrrole nitrogens is 1. The Morgan fingerprint density at radius 1 is 1.80 bits per heavy atom. The number of ether oxygens (including phenoxy) is 1. The van der Waals surface area contributed by atoms with Gasteiger partial charge in [-0.3, -0.25) is 9.89 Å². The molecule has 84 valence electrons. The van der Waals surface area contributed by atoms with Crippen LogP contribution in [0.3, 0.4) is 0 Å². The van der Waals surface area contributed by atoms with E-state index in [1.54, 1.807) is 13.3 Å². The number of rotatable bonds is 6. The second-order valence-corrected chi connectivity index (χ2v) is 3.47. The van der Waals surface area contributed by atoms with Crippen LogP contribution in [-0.4, -0.2) is 41.7 Å². The Morgan fingerprint density at radius 3 is 3.13 bits per heavy atom. The molecule has 6 heteroatoms. The molecule has 1 amide bonds. The lowest BCUT2D eigenvalue weighted by molar-refractivity contribution is 0.0895. The maximum absolute atomic E-state index is 11.6. The van der Waals surface area contributed by atoms with E-state index in [-0.39, 0.29) is 11.9 Å². The highest BCUT2D eigenvalue weighted by Crippen LogP contribution is 1.99. The lowest BCUT2D eigenvalue weighted by atomic mass is 10.2. The minimum absolute atomic E-state index is 0.0603. The molecule has 0 aliphatic rings. The number of aromatic nitrogens is 2.